The van der Waals surface area contributed by atoms with Gasteiger partial charge in [0.1, 0.15) is 17.2 Å². The molecule has 4 nitrogen and oxygen atoms in total. The third-order valence-corrected chi connectivity index (χ3v) is 3.76. The van der Waals surface area contributed by atoms with Crippen LogP contribution in [-0.4, -0.2) is 12.5 Å². The summed E-state index contributed by atoms with van der Waals surface area (Å²) in [5.74, 6) is 1.83. The summed E-state index contributed by atoms with van der Waals surface area (Å²) in [6.45, 7) is 2.48. The van der Waals surface area contributed by atoms with Gasteiger partial charge in [0, 0.05) is 12.6 Å². The van der Waals surface area contributed by atoms with E-state index in [9.17, 15) is 4.79 Å². The molecule has 4 heteroatoms. The Morgan fingerprint density at radius 2 is 1.54 bits per heavy atom. The number of hydrogen-bond donors (Lipinski definition) is 1. The van der Waals surface area contributed by atoms with Crippen LogP contribution in [0.25, 0.3) is 0 Å². The van der Waals surface area contributed by atoms with Crippen LogP contribution in [-0.2, 0) is 11.3 Å². The fraction of sp³-hybridized carbons (Fsp3) is 0.136. The van der Waals surface area contributed by atoms with Gasteiger partial charge in [-0.3, -0.25) is 4.79 Å². The molecule has 1 N–H and O–H groups in total. The molecule has 0 unspecified atom stereocenters. The minimum Gasteiger partial charge on any atom is -0.484 e. The molecular formula is C22H21NO3. The van der Waals surface area contributed by atoms with Crippen LogP contribution >= 0.6 is 0 Å². The predicted molar refractivity (Wildman–Crippen MR) is 101 cm³/mol. The number of carbonyl (C=O) groups is 1. The Morgan fingerprint density at radius 1 is 0.846 bits per heavy atom. The molecule has 26 heavy (non-hydrogen) atoms. The van der Waals surface area contributed by atoms with Crippen molar-refractivity contribution < 1.29 is 14.3 Å². The highest BCUT2D eigenvalue weighted by molar-refractivity contribution is 5.77. The zero-order valence-corrected chi connectivity index (χ0v) is 14.6. The van der Waals surface area contributed by atoms with Crippen LogP contribution in [0.5, 0.6) is 17.2 Å². The van der Waals surface area contributed by atoms with E-state index in [1.807, 2.05) is 73.7 Å². The normalized spacial score (nSPS) is 10.2. The summed E-state index contributed by atoms with van der Waals surface area (Å²) < 4.78 is 11.3. The second-order valence-electron chi connectivity index (χ2n) is 5.94. The van der Waals surface area contributed by atoms with Gasteiger partial charge in [-0.15, -0.1) is 0 Å². The van der Waals surface area contributed by atoms with Crippen LogP contribution in [0.3, 0.4) is 0 Å². The van der Waals surface area contributed by atoms with E-state index in [2.05, 4.69) is 5.32 Å². The van der Waals surface area contributed by atoms with Gasteiger partial charge >= 0.3 is 0 Å². The largest absolute Gasteiger partial charge is 0.484 e. The van der Waals surface area contributed by atoms with Crippen LogP contribution in [0.4, 0.5) is 0 Å². The van der Waals surface area contributed by atoms with Gasteiger partial charge in [-0.2, -0.15) is 0 Å². The van der Waals surface area contributed by atoms with Crippen molar-refractivity contribution >= 4 is 5.91 Å². The van der Waals surface area contributed by atoms with Crippen LogP contribution in [0.2, 0.25) is 0 Å². The zero-order chi connectivity index (χ0) is 18.2. The minimum absolute atomic E-state index is 0.0410. The molecule has 3 aromatic carbocycles. The summed E-state index contributed by atoms with van der Waals surface area (Å²) in [4.78, 5) is 12.0. The molecule has 132 valence electrons. The maximum Gasteiger partial charge on any atom is 0.258 e. The smallest absolute Gasteiger partial charge is 0.258 e. The van der Waals surface area contributed by atoms with Crippen molar-refractivity contribution in [2.24, 2.45) is 0 Å². The summed E-state index contributed by atoms with van der Waals surface area (Å²) in [6, 6.07) is 24.8. The van der Waals surface area contributed by atoms with Gasteiger partial charge in [-0.25, -0.2) is 0 Å². The predicted octanol–water partition coefficient (Wildman–Crippen LogP) is 4.48. The monoisotopic (exact) mass is 347 g/mol. The number of para-hydroxylation sites is 1. The standard InChI is InChI=1S/C22H21NO3/c1-17-10-12-18(13-11-17)15-23-22(24)16-25-20-8-5-9-21(14-20)26-19-6-3-2-4-7-19/h2-14H,15-16H2,1H3,(H,23,24). The van der Waals surface area contributed by atoms with Gasteiger partial charge in [-0.05, 0) is 36.8 Å². The molecule has 0 aliphatic rings. The summed E-state index contributed by atoms with van der Waals surface area (Å²) in [5, 5.41) is 2.85. The first kappa shape index (κ1) is 17.5. The third kappa shape index (κ3) is 5.38. The molecule has 0 bridgehead atoms. The lowest BCUT2D eigenvalue weighted by atomic mass is 10.1. The topological polar surface area (TPSA) is 47.6 Å². The van der Waals surface area contributed by atoms with E-state index in [1.54, 1.807) is 12.1 Å². The fourth-order valence-corrected chi connectivity index (χ4v) is 2.36. The van der Waals surface area contributed by atoms with Crippen LogP contribution in [0.1, 0.15) is 11.1 Å². The number of nitrogens with one attached hydrogen (secondary N) is 1. The van der Waals surface area contributed by atoms with Crippen LogP contribution < -0.4 is 14.8 Å². The van der Waals surface area contributed by atoms with Crippen molar-refractivity contribution in [2.45, 2.75) is 13.5 Å². The van der Waals surface area contributed by atoms with Gasteiger partial charge in [0.2, 0.25) is 0 Å². The summed E-state index contributed by atoms with van der Waals surface area (Å²) >= 11 is 0. The Kier molecular flexibility index (Phi) is 5.88. The lowest BCUT2D eigenvalue weighted by molar-refractivity contribution is -0.123. The number of hydrogen-bond acceptors (Lipinski definition) is 3. The van der Waals surface area contributed by atoms with Gasteiger partial charge in [-0.1, -0.05) is 54.1 Å². The van der Waals surface area contributed by atoms with Crippen molar-refractivity contribution in [2.75, 3.05) is 6.61 Å². The first-order valence-electron chi connectivity index (χ1n) is 8.47. The van der Waals surface area contributed by atoms with Gasteiger partial charge in [0.15, 0.2) is 6.61 Å². The van der Waals surface area contributed by atoms with E-state index >= 15 is 0 Å². The highest BCUT2D eigenvalue weighted by Gasteiger charge is 2.04. The first-order valence-corrected chi connectivity index (χ1v) is 8.47. The molecule has 1 amide bonds. The molecule has 0 aromatic heterocycles. The van der Waals surface area contributed by atoms with E-state index in [-0.39, 0.29) is 12.5 Å². The molecule has 3 aromatic rings. The Bertz CT molecular complexity index is 845. The summed E-state index contributed by atoms with van der Waals surface area (Å²) in [7, 11) is 0. The summed E-state index contributed by atoms with van der Waals surface area (Å²) in [6.07, 6.45) is 0. The van der Waals surface area contributed by atoms with Crippen molar-refractivity contribution in [3.8, 4) is 17.2 Å². The average Bonchev–Trinajstić information content (AvgIpc) is 2.67. The molecule has 0 heterocycles. The maximum atomic E-state index is 12.0. The molecule has 3 rings (SSSR count). The Morgan fingerprint density at radius 3 is 2.31 bits per heavy atom. The maximum absolute atomic E-state index is 12.0. The van der Waals surface area contributed by atoms with E-state index in [0.29, 0.717) is 18.0 Å². The number of rotatable bonds is 7. The van der Waals surface area contributed by atoms with Gasteiger partial charge < -0.3 is 14.8 Å². The third-order valence-electron chi connectivity index (χ3n) is 3.76. The van der Waals surface area contributed by atoms with Crippen molar-refractivity contribution in [1.82, 2.24) is 5.32 Å². The second kappa shape index (κ2) is 8.72. The lowest BCUT2D eigenvalue weighted by Crippen LogP contribution is -2.28. The van der Waals surface area contributed by atoms with E-state index in [0.717, 1.165) is 11.3 Å². The number of aryl methyl sites for hydroxylation is 1. The molecule has 0 saturated carbocycles. The fourth-order valence-electron chi connectivity index (χ4n) is 2.36. The molecule has 0 aliphatic heterocycles. The second-order valence-corrected chi connectivity index (χ2v) is 5.94. The number of amides is 1. The SMILES string of the molecule is Cc1ccc(CNC(=O)COc2cccc(Oc3ccccc3)c2)cc1. The van der Waals surface area contributed by atoms with E-state index in [1.165, 1.54) is 5.56 Å². The first-order chi connectivity index (χ1) is 12.7. The molecule has 0 fully saturated rings. The number of ether oxygens (including phenoxy) is 2. The van der Waals surface area contributed by atoms with Crippen LogP contribution in [0.15, 0.2) is 78.9 Å². The van der Waals surface area contributed by atoms with Gasteiger partial charge in [0.05, 0.1) is 0 Å². The highest BCUT2D eigenvalue weighted by atomic mass is 16.5. The van der Waals surface area contributed by atoms with E-state index < -0.39 is 0 Å². The van der Waals surface area contributed by atoms with Gasteiger partial charge in [0.25, 0.3) is 5.91 Å². The molecule has 0 saturated heterocycles. The van der Waals surface area contributed by atoms with Crippen molar-refractivity contribution in [3.05, 3.63) is 90.0 Å². The lowest BCUT2D eigenvalue weighted by Gasteiger charge is -2.10. The Hall–Kier alpha value is -3.27. The van der Waals surface area contributed by atoms with Crippen molar-refractivity contribution in [1.29, 1.82) is 0 Å². The molecular weight excluding hydrogens is 326 g/mol. The average molecular weight is 347 g/mol. The quantitative estimate of drug-likeness (QED) is 0.685. The molecule has 0 radical (unpaired) electrons. The number of carbonyl (C=O) groups excluding carboxylic acids is 1. The summed E-state index contributed by atoms with van der Waals surface area (Å²) in [5.41, 5.74) is 2.25. The van der Waals surface area contributed by atoms with E-state index in [4.69, 9.17) is 9.47 Å². The highest BCUT2D eigenvalue weighted by Crippen LogP contribution is 2.24. The molecule has 0 aliphatic carbocycles. The zero-order valence-electron chi connectivity index (χ0n) is 14.6. The van der Waals surface area contributed by atoms with Crippen molar-refractivity contribution in [3.63, 3.8) is 0 Å². The number of benzene rings is 3. The molecule has 0 atom stereocenters. The Balaban J connectivity index is 1.48. The Labute approximate surface area is 153 Å². The minimum atomic E-state index is -0.167. The van der Waals surface area contributed by atoms with Crippen LogP contribution in [0, 0.1) is 6.92 Å². The molecule has 0 spiro atoms.